The van der Waals surface area contributed by atoms with Crippen LogP contribution in [0.2, 0.25) is 0 Å². The SMILES string of the molecule is CCCNC(=O)c1cccc(NC(=O)c2cc(-c3cc(C)oc3C)nc3onc(C)c23)c1. The van der Waals surface area contributed by atoms with Gasteiger partial charge in [0.25, 0.3) is 17.5 Å². The molecule has 8 nitrogen and oxygen atoms in total. The van der Waals surface area contributed by atoms with E-state index in [0.717, 1.165) is 17.7 Å². The molecular formula is C24H24N4O4. The predicted molar refractivity (Wildman–Crippen MR) is 121 cm³/mol. The molecule has 2 N–H and O–H groups in total. The first kappa shape index (κ1) is 21.3. The molecule has 164 valence electrons. The summed E-state index contributed by atoms with van der Waals surface area (Å²) < 4.78 is 11.0. The molecule has 3 aromatic heterocycles. The van der Waals surface area contributed by atoms with E-state index in [9.17, 15) is 9.59 Å². The summed E-state index contributed by atoms with van der Waals surface area (Å²) in [5.74, 6) is 0.909. The second-order valence-electron chi connectivity index (χ2n) is 7.62. The Morgan fingerprint density at radius 2 is 1.88 bits per heavy atom. The van der Waals surface area contributed by atoms with Crippen LogP contribution < -0.4 is 10.6 Å². The van der Waals surface area contributed by atoms with Gasteiger partial charge >= 0.3 is 0 Å². The van der Waals surface area contributed by atoms with Crippen LogP contribution in [0.4, 0.5) is 5.69 Å². The van der Waals surface area contributed by atoms with Crippen molar-refractivity contribution in [1.29, 1.82) is 0 Å². The third kappa shape index (κ3) is 4.12. The Labute approximate surface area is 185 Å². The molecule has 0 unspecified atom stereocenters. The highest BCUT2D eigenvalue weighted by Gasteiger charge is 2.21. The molecule has 32 heavy (non-hydrogen) atoms. The number of carbonyl (C=O) groups excluding carboxylic acids is 2. The van der Waals surface area contributed by atoms with Gasteiger partial charge in [0.05, 0.1) is 22.3 Å². The van der Waals surface area contributed by atoms with E-state index >= 15 is 0 Å². The van der Waals surface area contributed by atoms with Crippen molar-refractivity contribution in [3.05, 3.63) is 64.7 Å². The summed E-state index contributed by atoms with van der Waals surface area (Å²) >= 11 is 0. The lowest BCUT2D eigenvalue weighted by Crippen LogP contribution is -2.24. The molecule has 4 aromatic rings. The maximum absolute atomic E-state index is 13.3. The number of aryl methyl sites for hydroxylation is 3. The minimum atomic E-state index is -0.353. The Bertz CT molecular complexity index is 1320. The van der Waals surface area contributed by atoms with Crippen molar-refractivity contribution in [3.8, 4) is 11.3 Å². The van der Waals surface area contributed by atoms with Gasteiger partial charge in [-0.1, -0.05) is 18.1 Å². The molecule has 0 fully saturated rings. The van der Waals surface area contributed by atoms with Gasteiger partial charge in [0, 0.05) is 23.4 Å². The van der Waals surface area contributed by atoms with Crippen LogP contribution in [0.15, 0.2) is 45.3 Å². The molecule has 0 atom stereocenters. The number of nitrogens with one attached hydrogen (secondary N) is 2. The quantitative estimate of drug-likeness (QED) is 0.453. The van der Waals surface area contributed by atoms with Crippen molar-refractivity contribution < 1.29 is 18.5 Å². The molecule has 0 saturated heterocycles. The smallest absolute Gasteiger partial charge is 0.259 e. The van der Waals surface area contributed by atoms with E-state index in [-0.39, 0.29) is 17.5 Å². The van der Waals surface area contributed by atoms with E-state index in [2.05, 4.69) is 20.8 Å². The van der Waals surface area contributed by atoms with Crippen molar-refractivity contribution >= 4 is 28.6 Å². The first-order valence-electron chi connectivity index (χ1n) is 10.4. The lowest BCUT2D eigenvalue weighted by molar-refractivity contribution is 0.0952. The molecule has 0 radical (unpaired) electrons. The van der Waals surface area contributed by atoms with E-state index in [1.54, 1.807) is 37.3 Å². The van der Waals surface area contributed by atoms with Crippen LogP contribution in [0.25, 0.3) is 22.4 Å². The number of pyridine rings is 1. The van der Waals surface area contributed by atoms with Gasteiger partial charge in [-0.2, -0.15) is 0 Å². The van der Waals surface area contributed by atoms with Crippen molar-refractivity contribution in [2.24, 2.45) is 0 Å². The fraction of sp³-hybridized carbons (Fsp3) is 0.250. The zero-order valence-electron chi connectivity index (χ0n) is 18.4. The minimum Gasteiger partial charge on any atom is -0.466 e. The summed E-state index contributed by atoms with van der Waals surface area (Å²) in [7, 11) is 0. The standard InChI is InChI=1S/C24H24N4O4/c1-5-9-25-22(29)16-7-6-8-17(11-16)26-23(30)19-12-20(18-10-13(2)31-15(18)4)27-24-21(19)14(3)28-32-24/h6-8,10-12H,5,9H2,1-4H3,(H,25,29)(H,26,30). The largest absolute Gasteiger partial charge is 0.466 e. The third-order valence-electron chi connectivity index (χ3n) is 5.10. The van der Waals surface area contributed by atoms with Crippen LogP contribution in [0.3, 0.4) is 0 Å². The highest BCUT2D eigenvalue weighted by Crippen LogP contribution is 2.31. The Hall–Kier alpha value is -3.94. The van der Waals surface area contributed by atoms with Crippen molar-refractivity contribution in [2.75, 3.05) is 11.9 Å². The Morgan fingerprint density at radius 3 is 2.59 bits per heavy atom. The fourth-order valence-corrected chi connectivity index (χ4v) is 3.57. The summed E-state index contributed by atoms with van der Waals surface area (Å²) in [5.41, 5.74) is 3.54. The van der Waals surface area contributed by atoms with Gasteiger partial charge in [0.1, 0.15) is 11.5 Å². The molecule has 3 heterocycles. The highest BCUT2D eigenvalue weighted by atomic mass is 16.5. The zero-order chi connectivity index (χ0) is 22.8. The summed E-state index contributed by atoms with van der Waals surface area (Å²) in [6.45, 7) is 8.03. The van der Waals surface area contributed by atoms with Crippen LogP contribution in [0, 0.1) is 20.8 Å². The summed E-state index contributed by atoms with van der Waals surface area (Å²) in [6.07, 6.45) is 0.844. The highest BCUT2D eigenvalue weighted by molar-refractivity contribution is 6.13. The van der Waals surface area contributed by atoms with Gasteiger partial charge in [0.2, 0.25) is 0 Å². The number of aromatic nitrogens is 2. The van der Waals surface area contributed by atoms with Gasteiger partial charge < -0.3 is 19.6 Å². The monoisotopic (exact) mass is 432 g/mol. The molecule has 4 rings (SSSR count). The summed E-state index contributed by atoms with van der Waals surface area (Å²) in [4.78, 5) is 30.1. The Morgan fingerprint density at radius 1 is 1.06 bits per heavy atom. The van der Waals surface area contributed by atoms with Crippen molar-refractivity contribution in [1.82, 2.24) is 15.5 Å². The average molecular weight is 432 g/mol. The molecular weight excluding hydrogens is 408 g/mol. The van der Waals surface area contributed by atoms with E-state index in [1.165, 1.54) is 0 Å². The molecule has 1 aromatic carbocycles. The summed E-state index contributed by atoms with van der Waals surface area (Å²) in [5, 5.41) is 10.2. The number of hydrogen-bond donors (Lipinski definition) is 2. The van der Waals surface area contributed by atoms with Crippen LogP contribution in [0.5, 0.6) is 0 Å². The van der Waals surface area contributed by atoms with Gasteiger partial charge in [-0.05, 0) is 57.5 Å². The fourth-order valence-electron chi connectivity index (χ4n) is 3.57. The third-order valence-corrected chi connectivity index (χ3v) is 5.10. The van der Waals surface area contributed by atoms with E-state index < -0.39 is 0 Å². The van der Waals surface area contributed by atoms with E-state index in [0.29, 0.717) is 45.9 Å². The van der Waals surface area contributed by atoms with Crippen LogP contribution in [0.1, 0.15) is 51.3 Å². The second-order valence-corrected chi connectivity index (χ2v) is 7.62. The molecule has 8 heteroatoms. The molecule has 0 aliphatic rings. The first-order valence-corrected chi connectivity index (χ1v) is 10.4. The molecule has 0 aliphatic heterocycles. The lowest BCUT2D eigenvalue weighted by Gasteiger charge is -2.10. The van der Waals surface area contributed by atoms with Crippen LogP contribution in [-0.4, -0.2) is 28.5 Å². The molecule has 0 bridgehead atoms. The number of benzene rings is 1. The Balaban J connectivity index is 1.70. The number of anilines is 1. The number of hydrogen-bond acceptors (Lipinski definition) is 6. The van der Waals surface area contributed by atoms with E-state index in [1.807, 2.05) is 26.8 Å². The number of amides is 2. The van der Waals surface area contributed by atoms with E-state index in [4.69, 9.17) is 8.94 Å². The van der Waals surface area contributed by atoms with Crippen LogP contribution in [-0.2, 0) is 0 Å². The van der Waals surface area contributed by atoms with Gasteiger partial charge in [-0.3, -0.25) is 9.59 Å². The molecule has 0 saturated carbocycles. The number of rotatable bonds is 6. The normalized spacial score (nSPS) is 11.0. The van der Waals surface area contributed by atoms with Crippen molar-refractivity contribution in [2.45, 2.75) is 34.1 Å². The number of furan rings is 1. The van der Waals surface area contributed by atoms with Gasteiger partial charge in [-0.25, -0.2) is 4.98 Å². The zero-order valence-corrected chi connectivity index (χ0v) is 18.4. The lowest BCUT2D eigenvalue weighted by atomic mass is 10.0. The van der Waals surface area contributed by atoms with Gasteiger partial charge in [-0.15, -0.1) is 0 Å². The first-order chi connectivity index (χ1) is 15.4. The Kier molecular flexibility index (Phi) is 5.77. The van der Waals surface area contributed by atoms with Crippen molar-refractivity contribution in [3.63, 3.8) is 0 Å². The maximum atomic E-state index is 13.3. The number of nitrogens with zero attached hydrogens (tertiary/aromatic N) is 2. The minimum absolute atomic E-state index is 0.183. The summed E-state index contributed by atoms with van der Waals surface area (Å²) in [6, 6.07) is 10.4. The maximum Gasteiger partial charge on any atom is 0.259 e. The molecule has 0 aliphatic carbocycles. The second kappa shape index (κ2) is 8.66. The molecule has 0 spiro atoms. The number of fused-ring (bicyclic) bond motifs is 1. The topological polar surface area (TPSA) is 110 Å². The van der Waals surface area contributed by atoms with Crippen LogP contribution >= 0.6 is 0 Å². The molecule has 2 amide bonds. The number of carbonyl (C=O) groups is 2. The predicted octanol–water partition coefficient (Wildman–Crippen LogP) is 4.80. The average Bonchev–Trinajstić information content (AvgIpc) is 3.32. The van der Waals surface area contributed by atoms with Gasteiger partial charge in [0.15, 0.2) is 0 Å².